The second-order valence-electron chi connectivity index (χ2n) is 3.91. The Balaban J connectivity index is 2.82. The molecule has 1 rings (SSSR count). The van der Waals surface area contributed by atoms with Gasteiger partial charge in [-0.1, -0.05) is 24.6 Å². The highest BCUT2D eigenvalue weighted by Crippen LogP contribution is 2.25. The Labute approximate surface area is 100.0 Å². The summed E-state index contributed by atoms with van der Waals surface area (Å²) < 4.78 is 5.40. The molecule has 0 heterocycles. The first-order chi connectivity index (χ1) is 7.50. The number of carbonyl (C=O) groups excluding carboxylic acids is 1. The summed E-state index contributed by atoms with van der Waals surface area (Å²) in [6.07, 6.45) is 1.22. The lowest BCUT2D eigenvalue weighted by molar-refractivity contribution is 0.00827. The quantitative estimate of drug-likeness (QED) is 0.808. The Morgan fingerprint density at radius 3 is 2.81 bits per heavy atom. The largest absolute Gasteiger partial charge is 0.490 e. The molecule has 0 saturated heterocycles. The van der Waals surface area contributed by atoms with Crippen molar-refractivity contribution in [2.45, 2.75) is 25.9 Å². The van der Waals surface area contributed by atoms with Gasteiger partial charge in [-0.2, -0.15) is 0 Å². The van der Waals surface area contributed by atoms with Gasteiger partial charge < -0.3 is 9.84 Å². The number of aliphatic hydroxyl groups is 1. The van der Waals surface area contributed by atoms with Gasteiger partial charge in [0.2, 0.25) is 0 Å². The van der Waals surface area contributed by atoms with Crippen LogP contribution in [0.4, 0.5) is 0 Å². The SMILES string of the molecule is CCC(C)(O)COc1cccc(Cl)c1C=O. The number of rotatable bonds is 5. The summed E-state index contributed by atoms with van der Waals surface area (Å²) in [6, 6.07) is 4.97. The minimum absolute atomic E-state index is 0.130. The summed E-state index contributed by atoms with van der Waals surface area (Å²) in [5.41, 5.74) is -0.585. The van der Waals surface area contributed by atoms with Gasteiger partial charge in [0.15, 0.2) is 6.29 Å². The molecule has 0 aliphatic carbocycles. The van der Waals surface area contributed by atoms with Crippen LogP contribution in [0.15, 0.2) is 18.2 Å². The molecule has 0 radical (unpaired) electrons. The number of carbonyl (C=O) groups is 1. The van der Waals surface area contributed by atoms with Crippen LogP contribution in [0, 0.1) is 0 Å². The molecule has 4 heteroatoms. The van der Waals surface area contributed by atoms with Crippen LogP contribution < -0.4 is 4.74 Å². The van der Waals surface area contributed by atoms with Crippen LogP contribution in [0.3, 0.4) is 0 Å². The highest BCUT2D eigenvalue weighted by atomic mass is 35.5. The lowest BCUT2D eigenvalue weighted by Crippen LogP contribution is -2.31. The zero-order valence-electron chi connectivity index (χ0n) is 9.37. The van der Waals surface area contributed by atoms with Crippen LogP contribution in [0.1, 0.15) is 30.6 Å². The van der Waals surface area contributed by atoms with E-state index in [1.54, 1.807) is 25.1 Å². The zero-order chi connectivity index (χ0) is 12.2. The predicted octanol–water partition coefficient (Wildman–Crippen LogP) is 2.69. The third-order valence-electron chi connectivity index (χ3n) is 2.43. The van der Waals surface area contributed by atoms with E-state index in [1.807, 2.05) is 6.92 Å². The van der Waals surface area contributed by atoms with Crippen LogP contribution >= 0.6 is 11.6 Å². The van der Waals surface area contributed by atoms with E-state index in [4.69, 9.17) is 16.3 Å². The molecule has 1 unspecified atom stereocenters. The molecular weight excluding hydrogens is 228 g/mol. The van der Waals surface area contributed by atoms with Gasteiger partial charge in [-0.05, 0) is 25.5 Å². The molecule has 3 nitrogen and oxygen atoms in total. The van der Waals surface area contributed by atoms with Crippen molar-refractivity contribution < 1.29 is 14.6 Å². The minimum Gasteiger partial charge on any atom is -0.490 e. The fourth-order valence-corrected chi connectivity index (χ4v) is 1.30. The van der Waals surface area contributed by atoms with Crippen molar-refractivity contribution in [1.29, 1.82) is 0 Å². The van der Waals surface area contributed by atoms with Crippen LogP contribution in [0.25, 0.3) is 0 Å². The second-order valence-corrected chi connectivity index (χ2v) is 4.32. The van der Waals surface area contributed by atoms with Crippen molar-refractivity contribution in [3.05, 3.63) is 28.8 Å². The fourth-order valence-electron chi connectivity index (χ4n) is 1.09. The molecule has 0 aliphatic rings. The molecule has 1 aromatic carbocycles. The van der Waals surface area contributed by atoms with E-state index < -0.39 is 5.60 Å². The molecule has 0 bridgehead atoms. The monoisotopic (exact) mass is 242 g/mol. The average Bonchev–Trinajstić information content (AvgIpc) is 2.26. The van der Waals surface area contributed by atoms with Gasteiger partial charge in [-0.25, -0.2) is 0 Å². The van der Waals surface area contributed by atoms with Crippen molar-refractivity contribution in [3.63, 3.8) is 0 Å². The molecule has 0 aliphatic heterocycles. The van der Waals surface area contributed by atoms with Gasteiger partial charge in [0, 0.05) is 0 Å². The highest BCUT2D eigenvalue weighted by Gasteiger charge is 2.19. The average molecular weight is 243 g/mol. The molecule has 1 aromatic rings. The first-order valence-electron chi connectivity index (χ1n) is 5.09. The topological polar surface area (TPSA) is 46.5 Å². The van der Waals surface area contributed by atoms with Crippen molar-refractivity contribution in [2.24, 2.45) is 0 Å². The van der Waals surface area contributed by atoms with E-state index in [1.165, 1.54) is 0 Å². The van der Waals surface area contributed by atoms with Gasteiger partial charge >= 0.3 is 0 Å². The predicted molar refractivity (Wildman–Crippen MR) is 63.2 cm³/mol. The summed E-state index contributed by atoms with van der Waals surface area (Å²) >= 11 is 5.84. The molecule has 1 atom stereocenters. The second kappa shape index (κ2) is 5.32. The molecule has 0 saturated carbocycles. The van der Waals surface area contributed by atoms with Gasteiger partial charge in [-0.3, -0.25) is 4.79 Å². The third kappa shape index (κ3) is 3.22. The number of aldehydes is 1. The van der Waals surface area contributed by atoms with Gasteiger partial charge in [0.05, 0.1) is 16.2 Å². The van der Waals surface area contributed by atoms with E-state index in [0.29, 0.717) is 29.0 Å². The number of benzene rings is 1. The van der Waals surface area contributed by atoms with Crippen LogP contribution in [0.2, 0.25) is 5.02 Å². The van der Waals surface area contributed by atoms with Crippen molar-refractivity contribution in [2.75, 3.05) is 6.61 Å². The van der Waals surface area contributed by atoms with Gasteiger partial charge in [-0.15, -0.1) is 0 Å². The van der Waals surface area contributed by atoms with Crippen LogP contribution in [-0.2, 0) is 0 Å². The first-order valence-corrected chi connectivity index (χ1v) is 5.47. The zero-order valence-corrected chi connectivity index (χ0v) is 10.1. The Bertz CT molecular complexity index is 375. The number of ether oxygens (including phenoxy) is 1. The van der Waals surface area contributed by atoms with E-state index in [-0.39, 0.29) is 6.61 Å². The van der Waals surface area contributed by atoms with Crippen LogP contribution in [-0.4, -0.2) is 23.6 Å². The molecule has 0 fully saturated rings. The lowest BCUT2D eigenvalue weighted by atomic mass is 10.1. The number of hydrogen-bond acceptors (Lipinski definition) is 3. The summed E-state index contributed by atoms with van der Waals surface area (Å²) in [6.45, 7) is 3.67. The van der Waals surface area contributed by atoms with E-state index in [0.717, 1.165) is 0 Å². The molecule has 1 N–H and O–H groups in total. The maximum absolute atomic E-state index is 10.8. The fraction of sp³-hybridized carbons (Fsp3) is 0.417. The Hall–Kier alpha value is -1.06. The van der Waals surface area contributed by atoms with Gasteiger partial charge in [0.1, 0.15) is 12.4 Å². The van der Waals surface area contributed by atoms with E-state index in [2.05, 4.69) is 0 Å². The smallest absolute Gasteiger partial charge is 0.155 e. The molecule has 0 aromatic heterocycles. The maximum Gasteiger partial charge on any atom is 0.155 e. The Kier molecular flexibility index (Phi) is 4.33. The summed E-state index contributed by atoms with van der Waals surface area (Å²) in [4.78, 5) is 10.8. The summed E-state index contributed by atoms with van der Waals surface area (Å²) in [5.74, 6) is 0.399. The normalized spacial score (nSPS) is 14.2. The first kappa shape index (κ1) is 13.0. The summed E-state index contributed by atoms with van der Waals surface area (Å²) in [5, 5.41) is 10.1. The van der Waals surface area contributed by atoms with Crippen molar-refractivity contribution in [3.8, 4) is 5.75 Å². The van der Waals surface area contributed by atoms with Crippen molar-refractivity contribution in [1.82, 2.24) is 0 Å². The summed E-state index contributed by atoms with van der Waals surface area (Å²) in [7, 11) is 0. The van der Waals surface area contributed by atoms with Gasteiger partial charge in [0.25, 0.3) is 0 Å². The minimum atomic E-state index is -0.900. The third-order valence-corrected chi connectivity index (χ3v) is 2.76. The standard InChI is InChI=1S/C12H15ClO3/c1-3-12(2,15)8-16-11-6-4-5-10(13)9(11)7-14/h4-7,15H,3,8H2,1-2H3. The molecule has 0 spiro atoms. The Morgan fingerprint density at radius 1 is 1.56 bits per heavy atom. The van der Waals surface area contributed by atoms with E-state index >= 15 is 0 Å². The molecule has 16 heavy (non-hydrogen) atoms. The molecule has 88 valence electrons. The molecule has 0 amide bonds. The van der Waals surface area contributed by atoms with E-state index in [9.17, 15) is 9.90 Å². The molecular formula is C12H15ClO3. The maximum atomic E-state index is 10.8. The van der Waals surface area contributed by atoms with Crippen molar-refractivity contribution >= 4 is 17.9 Å². The number of halogens is 1. The lowest BCUT2D eigenvalue weighted by Gasteiger charge is -2.22. The Morgan fingerprint density at radius 2 is 2.25 bits per heavy atom. The van der Waals surface area contributed by atoms with Crippen LogP contribution in [0.5, 0.6) is 5.75 Å². The number of hydrogen-bond donors (Lipinski definition) is 1. The highest BCUT2D eigenvalue weighted by molar-refractivity contribution is 6.33.